The lowest BCUT2D eigenvalue weighted by molar-refractivity contribution is -0.175. The Balaban J connectivity index is 2.05. The number of unbranched alkanes of at least 4 members (excludes halogenated alkanes) is 3. The van der Waals surface area contributed by atoms with Crippen molar-refractivity contribution in [2.75, 3.05) is 20.0 Å². The summed E-state index contributed by atoms with van der Waals surface area (Å²) < 4.78 is 49.2. The first-order chi connectivity index (χ1) is 14.2. The van der Waals surface area contributed by atoms with E-state index in [1.54, 1.807) is 42.5 Å². The maximum atomic E-state index is 13.6. The monoisotopic (exact) mass is 408 g/mol. The lowest BCUT2D eigenvalue weighted by Crippen LogP contribution is -2.11. The van der Waals surface area contributed by atoms with Crippen LogP contribution < -0.4 is 9.47 Å². The Bertz CT molecular complexity index is 776. The van der Waals surface area contributed by atoms with Crippen molar-refractivity contribution in [1.29, 1.82) is 0 Å². The van der Waals surface area contributed by atoms with Crippen LogP contribution in [0.3, 0.4) is 0 Å². The average Bonchev–Trinajstić information content (AvgIpc) is 2.77. The van der Waals surface area contributed by atoms with Crippen molar-refractivity contribution < 1.29 is 32.5 Å². The van der Waals surface area contributed by atoms with E-state index in [1.807, 2.05) is 0 Å². The summed E-state index contributed by atoms with van der Waals surface area (Å²) in [5.74, 6) is -0.843. The molecule has 0 radical (unpaired) electrons. The highest BCUT2D eigenvalue weighted by Crippen LogP contribution is 2.26. The molecule has 0 aliphatic heterocycles. The van der Waals surface area contributed by atoms with Gasteiger partial charge in [-0.3, -0.25) is 4.39 Å². The van der Waals surface area contributed by atoms with Gasteiger partial charge in [0.2, 0.25) is 0 Å². The van der Waals surface area contributed by atoms with Crippen LogP contribution in [0.15, 0.2) is 60.4 Å². The molecule has 2 aromatic rings. The summed E-state index contributed by atoms with van der Waals surface area (Å²) in [4.78, 5) is 15.1. The highest BCUT2D eigenvalue weighted by atomic mass is 19.3. The van der Waals surface area contributed by atoms with Crippen LogP contribution in [-0.2, 0) is 9.74 Å². The minimum absolute atomic E-state index is 0.257. The van der Waals surface area contributed by atoms with Gasteiger partial charge in [0.05, 0.1) is 13.3 Å². The number of ether oxygens (including phenoxy) is 2. The summed E-state index contributed by atoms with van der Waals surface area (Å²) in [6.45, 7) is -0.925. The molecule has 0 unspecified atom stereocenters. The Morgan fingerprint density at radius 3 is 2.10 bits per heavy atom. The van der Waals surface area contributed by atoms with Gasteiger partial charge in [-0.2, -0.15) is 0 Å². The van der Waals surface area contributed by atoms with Gasteiger partial charge in [-0.25, -0.2) is 14.1 Å². The van der Waals surface area contributed by atoms with Gasteiger partial charge in [-0.15, -0.1) is 0 Å². The lowest BCUT2D eigenvalue weighted by Gasteiger charge is -2.13. The van der Waals surface area contributed by atoms with Gasteiger partial charge in [0.25, 0.3) is 0 Å². The zero-order valence-electron chi connectivity index (χ0n) is 15.9. The van der Waals surface area contributed by atoms with Crippen LogP contribution in [0.2, 0.25) is 0 Å². The molecule has 2 aromatic carbocycles. The van der Waals surface area contributed by atoms with E-state index in [0.29, 0.717) is 18.8 Å². The molecular weight excluding hydrogens is 385 g/mol. The molecule has 0 aliphatic carbocycles. The number of carbonyl (C=O) groups excluding carboxylic acids is 1. The van der Waals surface area contributed by atoms with Crippen LogP contribution in [0.4, 0.5) is 13.3 Å². The van der Waals surface area contributed by atoms with E-state index in [4.69, 9.17) is 9.47 Å². The number of halogens is 3. The van der Waals surface area contributed by atoms with Gasteiger partial charge in [0.1, 0.15) is 23.7 Å². The second kappa shape index (κ2) is 12.5. The summed E-state index contributed by atoms with van der Waals surface area (Å²) >= 11 is 0. The zero-order valence-corrected chi connectivity index (χ0v) is 15.9. The van der Waals surface area contributed by atoms with Crippen molar-refractivity contribution in [2.45, 2.75) is 25.7 Å². The fourth-order valence-electron chi connectivity index (χ4n) is 2.67. The van der Waals surface area contributed by atoms with E-state index in [2.05, 4.69) is 4.94 Å². The number of hydrogen-bond donors (Lipinski definition) is 0. The summed E-state index contributed by atoms with van der Waals surface area (Å²) in [6.07, 6.45) is 3.11. The van der Waals surface area contributed by atoms with Crippen LogP contribution in [0, 0.1) is 0 Å². The van der Waals surface area contributed by atoms with Crippen molar-refractivity contribution in [3.63, 3.8) is 0 Å². The van der Waals surface area contributed by atoms with Crippen LogP contribution in [0.5, 0.6) is 11.5 Å². The topological polar surface area (TPSA) is 44.8 Å². The summed E-state index contributed by atoms with van der Waals surface area (Å²) in [5.41, 5.74) is -0.0558. The average molecular weight is 408 g/mol. The first-order valence-electron chi connectivity index (χ1n) is 9.33. The quantitative estimate of drug-likeness (QED) is 0.254. The molecule has 0 spiro atoms. The molecule has 0 heterocycles. The van der Waals surface area contributed by atoms with Crippen molar-refractivity contribution >= 4 is 11.5 Å². The van der Waals surface area contributed by atoms with E-state index >= 15 is 0 Å². The van der Waals surface area contributed by atoms with Gasteiger partial charge >= 0.3 is 5.97 Å². The van der Waals surface area contributed by atoms with Crippen molar-refractivity contribution in [3.05, 3.63) is 65.9 Å². The molecule has 0 N–H and O–H groups in total. The number of allylic oxidation sites excluding steroid dienone is 1. The fourth-order valence-corrected chi connectivity index (χ4v) is 2.67. The number of hydrogen-bond acceptors (Lipinski definition) is 4. The predicted octanol–water partition coefficient (Wildman–Crippen LogP) is 5.78. The van der Waals surface area contributed by atoms with Gasteiger partial charge in [-0.05, 0) is 49.1 Å². The second-order valence-corrected chi connectivity index (χ2v) is 6.19. The molecule has 2 rings (SSSR count). The zero-order chi connectivity index (χ0) is 20.9. The normalized spacial score (nSPS) is 11.6. The number of carbonyl (C=O) groups is 1. The Hall–Kier alpha value is -2.96. The van der Waals surface area contributed by atoms with E-state index < -0.39 is 12.6 Å². The van der Waals surface area contributed by atoms with Gasteiger partial charge in [0, 0.05) is 4.53 Å². The smallest absolute Gasteiger partial charge is 0.383 e. The SMILES string of the molecule is O=C(OF)C(=C(CF)Oc1ccc(OCCCCCCF)cc1)c1ccccc1. The summed E-state index contributed by atoms with van der Waals surface area (Å²) in [5, 5.41) is 0. The van der Waals surface area contributed by atoms with Crippen LogP contribution in [0.25, 0.3) is 5.57 Å². The first kappa shape index (κ1) is 22.3. The molecule has 0 atom stereocenters. The molecule has 0 saturated heterocycles. The van der Waals surface area contributed by atoms with E-state index in [-0.39, 0.29) is 29.3 Å². The van der Waals surface area contributed by atoms with Crippen molar-refractivity contribution in [2.24, 2.45) is 0 Å². The molecule has 0 amide bonds. The molecular formula is C22H23F3O4. The van der Waals surface area contributed by atoms with E-state index in [9.17, 15) is 18.1 Å². The second-order valence-electron chi connectivity index (χ2n) is 6.19. The fraction of sp³-hybridized carbons (Fsp3) is 0.318. The standard InChI is InChI=1S/C22H23F3O4/c23-14-6-1-2-7-15-27-18-10-12-19(13-11-18)28-20(16-24)21(22(26)29-25)17-8-4-3-5-9-17/h3-5,8-13H,1-2,6-7,14-16H2. The minimum atomic E-state index is -1.34. The molecule has 156 valence electrons. The van der Waals surface area contributed by atoms with Gasteiger partial charge in [-0.1, -0.05) is 36.8 Å². The number of rotatable bonds is 12. The molecule has 29 heavy (non-hydrogen) atoms. The third kappa shape index (κ3) is 7.18. The molecule has 0 fully saturated rings. The third-order valence-electron chi connectivity index (χ3n) is 4.10. The lowest BCUT2D eigenvalue weighted by atomic mass is 10.1. The molecule has 4 nitrogen and oxygen atoms in total. The summed E-state index contributed by atoms with van der Waals surface area (Å²) in [7, 11) is 0. The third-order valence-corrected chi connectivity index (χ3v) is 4.10. The summed E-state index contributed by atoms with van der Waals surface area (Å²) in [6, 6.07) is 14.4. The highest BCUT2D eigenvalue weighted by molar-refractivity contribution is 6.17. The molecule has 0 aromatic heterocycles. The van der Waals surface area contributed by atoms with E-state index in [1.165, 1.54) is 12.1 Å². The molecule has 0 aliphatic rings. The Kier molecular flexibility index (Phi) is 9.62. The van der Waals surface area contributed by atoms with Crippen LogP contribution in [0.1, 0.15) is 31.2 Å². The number of alkyl halides is 2. The van der Waals surface area contributed by atoms with Gasteiger partial charge in [0.15, 0.2) is 5.76 Å². The number of benzene rings is 2. The first-order valence-corrected chi connectivity index (χ1v) is 9.33. The van der Waals surface area contributed by atoms with Crippen molar-refractivity contribution in [1.82, 2.24) is 0 Å². The Morgan fingerprint density at radius 1 is 0.828 bits per heavy atom. The van der Waals surface area contributed by atoms with Crippen LogP contribution in [-0.4, -0.2) is 25.9 Å². The molecule has 7 heteroatoms. The Labute approximate surface area is 167 Å². The predicted molar refractivity (Wildman–Crippen MR) is 104 cm³/mol. The van der Waals surface area contributed by atoms with Crippen LogP contribution >= 0.6 is 0 Å². The largest absolute Gasteiger partial charge is 0.494 e. The maximum Gasteiger partial charge on any atom is 0.383 e. The van der Waals surface area contributed by atoms with Gasteiger partial charge < -0.3 is 9.47 Å². The van der Waals surface area contributed by atoms with E-state index in [0.717, 1.165) is 19.3 Å². The maximum absolute atomic E-state index is 13.6. The Morgan fingerprint density at radius 2 is 1.48 bits per heavy atom. The molecule has 0 saturated carbocycles. The highest BCUT2D eigenvalue weighted by Gasteiger charge is 2.22. The molecule has 0 bridgehead atoms. The van der Waals surface area contributed by atoms with Crippen molar-refractivity contribution in [3.8, 4) is 11.5 Å². The minimum Gasteiger partial charge on any atom is -0.494 e.